The highest BCUT2D eigenvalue weighted by atomic mass is 16.6. The number of carboxylic acid groups (broad SMARTS) is 1. The Morgan fingerprint density at radius 1 is 1.62 bits per heavy atom. The van der Waals surface area contributed by atoms with Gasteiger partial charge in [-0.1, -0.05) is 12.2 Å². The summed E-state index contributed by atoms with van der Waals surface area (Å²) in [6.07, 6.45) is 4.62. The molecule has 1 heterocycles. The quantitative estimate of drug-likeness (QED) is 0.579. The highest BCUT2D eigenvalue weighted by Crippen LogP contribution is 2.37. The summed E-state index contributed by atoms with van der Waals surface area (Å²) in [6.45, 7) is 0. The summed E-state index contributed by atoms with van der Waals surface area (Å²) in [5.41, 5.74) is 0.250. The molecule has 0 aromatic heterocycles. The van der Waals surface area contributed by atoms with Crippen LogP contribution in [-0.4, -0.2) is 22.5 Å². The molecule has 4 nitrogen and oxygen atoms in total. The summed E-state index contributed by atoms with van der Waals surface area (Å²) in [5, 5.41) is 18.2. The zero-order chi connectivity index (χ0) is 9.42. The zero-order valence-electron chi connectivity index (χ0n) is 6.88. The molecule has 2 aliphatic rings. The number of rotatable bonds is 1. The molecule has 70 valence electrons. The monoisotopic (exact) mass is 182 g/mol. The van der Waals surface area contributed by atoms with Gasteiger partial charge >= 0.3 is 5.97 Å². The SMILES string of the molecule is O=C(O)C1=COC(O)C2C=CCC12. The van der Waals surface area contributed by atoms with E-state index in [1.807, 2.05) is 12.2 Å². The molecule has 4 heteroatoms. The lowest BCUT2D eigenvalue weighted by Crippen LogP contribution is -2.32. The summed E-state index contributed by atoms with van der Waals surface area (Å²) in [6, 6.07) is 0. The lowest BCUT2D eigenvalue weighted by atomic mass is 9.87. The number of hydrogen-bond donors (Lipinski definition) is 2. The second-order valence-electron chi connectivity index (χ2n) is 3.25. The molecule has 3 unspecified atom stereocenters. The Balaban J connectivity index is 2.28. The summed E-state index contributed by atoms with van der Waals surface area (Å²) in [7, 11) is 0. The molecule has 1 aliphatic heterocycles. The van der Waals surface area contributed by atoms with Crippen LogP contribution in [0.2, 0.25) is 0 Å². The first-order valence-corrected chi connectivity index (χ1v) is 4.13. The second-order valence-corrected chi connectivity index (χ2v) is 3.25. The van der Waals surface area contributed by atoms with Crippen LogP contribution >= 0.6 is 0 Å². The molecular formula is C9H10O4. The van der Waals surface area contributed by atoms with Gasteiger partial charge in [-0.15, -0.1) is 0 Å². The zero-order valence-corrected chi connectivity index (χ0v) is 6.88. The van der Waals surface area contributed by atoms with E-state index in [4.69, 9.17) is 9.84 Å². The van der Waals surface area contributed by atoms with E-state index in [1.165, 1.54) is 0 Å². The second kappa shape index (κ2) is 2.88. The lowest BCUT2D eigenvalue weighted by Gasteiger charge is -2.28. The third kappa shape index (κ3) is 1.23. The van der Waals surface area contributed by atoms with Crippen LogP contribution in [0.15, 0.2) is 24.0 Å². The molecule has 3 atom stereocenters. The largest absolute Gasteiger partial charge is 0.478 e. The summed E-state index contributed by atoms with van der Waals surface area (Å²) in [4.78, 5) is 10.7. The van der Waals surface area contributed by atoms with Gasteiger partial charge in [0.25, 0.3) is 0 Å². The number of fused-ring (bicyclic) bond motifs is 1. The molecule has 0 bridgehead atoms. The van der Waals surface area contributed by atoms with Crippen molar-refractivity contribution in [3.05, 3.63) is 24.0 Å². The Labute approximate surface area is 75.1 Å². The van der Waals surface area contributed by atoms with Crippen molar-refractivity contribution in [2.75, 3.05) is 0 Å². The molecule has 1 aliphatic carbocycles. The molecule has 0 aromatic carbocycles. The van der Waals surface area contributed by atoms with Gasteiger partial charge in [-0.05, 0) is 6.42 Å². The van der Waals surface area contributed by atoms with Gasteiger partial charge in [0.2, 0.25) is 6.29 Å². The minimum atomic E-state index is -0.967. The Bertz CT molecular complexity index is 292. The maximum atomic E-state index is 10.7. The Hall–Kier alpha value is -1.29. The van der Waals surface area contributed by atoms with Crippen molar-refractivity contribution >= 4 is 5.97 Å². The molecule has 0 saturated heterocycles. The highest BCUT2D eigenvalue weighted by molar-refractivity contribution is 5.87. The molecule has 0 aromatic rings. The van der Waals surface area contributed by atoms with Gasteiger partial charge in [-0.2, -0.15) is 0 Å². The fraction of sp³-hybridized carbons (Fsp3) is 0.444. The Morgan fingerprint density at radius 2 is 2.38 bits per heavy atom. The van der Waals surface area contributed by atoms with Gasteiger partial charge in [-0.25, -0.2) is 4.79 Å². The Kier molecular flexibility index (Phi) is 1.84. The van der Waals surface area contributed by atoms with Crippen LogP contribution in [0, 0.1) is 11.8 Å². The molecule has 0 saturated carbocycles. The van der Waals surface area contributed by atoms with Crippen molar-refractivity contribution in [2.45, 2.75) is 12.7 Å². The minimum Gasteiger partial charge on any atom is -0.478 e. The lowest BCUT2D eigenvalue weighted by molar-refractivity contribution is -0.137. The number of aliphatic hydroxyl groups is 1. The predicted octanol–water partition coefficient (Wildman–Crippen LogP) is 0.496. The van der Waals surface area contributed by atoms with Gasteiger partial charge < -0.3 is 14.9 Å². The molecule has 0 spiro atoms. The third-order valence-corrected chi connectivity index (χ3v) is 2.52. The molecule has 0 fully saturated rings. The smallest absolute Gasteiger partial charge is 0.335 e. The van der Waals surface area contributed by atoms with Crippen molar-refractivity contribution in [1.29, 1.82) is 0 Å². The van der Waals surface area contributed by atoms with Crippen molar-refractivity contribution in [1.82, 2.24) is 0 Å². The number of hydrogen-bond acceptors (Lipinski definition) is 3. The molecule has 13 heavy (non-hydrogen) atoms. The molecule has 0 amide bonds. The average Bonchev–Trinajstić information content (AvgIpc) is 2.53. The molecular weight excluding hydrogens is 172 g/mol. The van der Waals surface area contributed by atoms with E-state index in [0.29, 0.717) is 6.42 Å². The number of aliphatic hydroxyl groups excluding tert-OH is 1. The Morgan fingerprint density at radius 3 is 3.08 bits per heavy atom. The van der Waals surface area contributed by atoms with E-state index in [9.17, 15) is 9.90 Å². The summed E-state index contributed by atoms with van der Waals surface area (Å²) in [5.74, 6) is -1.29. The van der Waals surface area contributed by atoms with Crippen LogP contribution in [0.3, 0.4) is 0 Å². The maximum absolute atomic E-state index is 10.7. The van der Waals surface area contributed by atoms with Crippen LogP contribution in [0.5, 0.6) is 0 Å². The van der Waals surface area contributed by atoms with E-state index in [2.05, 4.69) is 0 Å². The fourth-order valence-corrected chi connectivity index (χ4v) is 1.83. The van der Waals surface area contributed by atoms with Gasteiger partial charge in [0.1, 0.15) is 0 Å². The molecule has 0 radical (unpaired) electrons. The van der Waals surface area contributed by atoms with Gasteiger partial charge in [-0.3, -0.25) is 0 Å². The number of carbonyl (C=O) groups is 1. The normalized spacial score (nSPS) is 36.4. The van der Waals surface area contributed by atoms with Crippen LogP contribution in [0.1, 0.15) is 6.42 Å². The van der Waals surface area contributed by atoms with Crippen molar-refractivity contribution in [3.8, 4) is 0 Å². The van der Waals surface area contributed by atoms with E-state index in [-0.39, 0.29) is 17.4 Å². The number of carboxylic acids is 1. The number of allylic oxidation sites excluding steroid dienone is 1. The highest BCUT2D eigenvalue weighted by Gasteiger charge is 2.38. The molecule has 2 rings (SSSR count). The van der Waals surface area contributed by atoms with Gasteiger partial charge in [0.05, 0.1) is 11.8 Å². The van der Waals surface area contributed by atoms with Crippen LogP contribution in [0.25, 0.3) is 0 Å². The van der Waals surface area contributed by atoms with E-state index in [1.54, 1.807) is 0 Å². The average molecular weight is 182 g/mol. The van der Waals surface area contributed by atoms with Gasteiger partial charge in [0, 0.05) is 11.8 Å². The van der Waals surface area contributed by atoms with Crippen LogP contribution in [-0.2, 0) is 9.53 Å². The standard InChI is InChI=1S/C9H10O4/c10-8(11)7-4-13-9(12)6-3-1-2-5(6)7/h1,3-6,9,12H,2H2,(H,10,11). The van der Waals surface area contributed by atoms with Crippen molar-refractivity contribution in [3.63, 3.8) is 0 Å². The first-order valence-electron chi connectivity index (χ1n) is 4.13. The van der Waals surface area contributed by atoms with E-state index < -0.39 is 12.3 Å². The predicted molar refractivity (Wildman–Crippen MR) is 43.5 cm³/mol. The summed E-state index contributed by atoms with van der Waals surface area (Å²) < 4.78 is 4.83. The van der Waals surface area contributed by atoms with Crippen molar-refractivity contribution in [2.24, 2.45) is 11.8 Å². The number of aliphatic carboxylic acids is 1. The van der Waals surface area contributed by atoms with Crippen LogP contribution in [0.4, 0.5) is 0 Å². The first-order chi connectivity index (χ1) is 6.20. The maximum Gasteiger partial charge on any atom is 0.335 e. The minimum absolute atomic E-state index is 0.124. The van der Waals surface area contributed by atoms with E-state index >= 15 is 0 Å². The van der Waals surface area contributed by atoms with Gasteiger partial charge in [0.15, 0.2) is 0 Å². The van der Waals surface area contributed by atoms with Crippen molar-refractivity contribution < 1.29 is 19.7 Å². The first kappa shape index (κ1) is 8.31. The third-order valence-electron chi connectivity index (χ3n) is 2.52. The van der Waals surface area contributed by atoms with Crippen LogP contribution < -0.4 is 0 Å². The number of ether oxygens (including phenoxy) is 1. The fourth-order valence-electron chi connectivity index (χ4n) is 1.83. The van der Waals surface area contributed by atoms with E-state index in [0.717, 1.165) is 6.26 Å². The summed E-state index contributed by atoms with van der Waals surface area (Å²) >= 11 is 0. The molecule has 2 N–H and O–H groups in total. The topological polar surface area (TPSA) is 66.8 Å².